The topological polar surface area (TPSA) is 73.6 Å². The SMILES string of the molecule is COCC(C(=O)O)N(C)Cc1cccc(C#N)c1. The third-order valence-corrected chi connectivity index (χ3v) is 2.63. The lowest BCUT2D eigenvalue weighted by atomic mass is 10.1. The standard InChI is InChI=1S/C13H16N2O3/c1-15(12(9-18-2)13(16)17)8-11-5-3-4-10(6-11)7-14/h3-6,12H,8-9H2,1-2H3,(H,16,17). The second-order valence-electron chi connectivity index (χ2n) is 4.04. The van der Waals surface area contributed by atoms with Gasteiger partial charge < -0.3 is 9.84 Å². The van der Waals surface area contributed by atoms with E-state index in [9.17, 15) is 4.79 Å². The third-order valence-electron chi connectivity index (χ3n) is 2.63. The van der Waals surface area contributed by atoms with Crippen molar-refractivity contribution in [3.05, 3.63) is 35.4 Å². The van der Waals surface area contributed by atoms with Crippen LogP contribution in [-0.2, 0) is 16.1 Å². The van der Waals surface area contributed by atoms with E-state index in [4.69, 9.17) is 15.1 Å². The van der Waals surface area contributed by atoms with Crippen LogP contribution in [0.4, 0.5) is 0 Å². The fourth-order valence-corrected chi connectivity index (χ4v) is 1.68. The van der Waals surface area contributed by atoms with Crippen molar-refractivity contribution < 1.29 is 14.6 Å². The number of aliphatic carboxylic acids is 1. The summed E-state index contributed by atoms with van der Waals surface area (Å²) in [6, 6.07) is 8.48. The number of rotatable bonds is 6. The summed E-state index contributed by atoms with van der Waals surface area (Å²) in [6.45, 7) is 0.583. The maximum atomic E-state index is 11.1. The Labute approximate surface area is 106 Å². The Morgan fingerprint density at radius 3 is 2.89 bits per heavy atom. The molecule has 1 N–H and O–H groups in total. The Kier molecular flexibility index (Phi) is 5.31. The monoisotopic (exact) mass is 248 g/mol. The summed E-state index contributed by atoms with van der Waals surface area (Å²) in [6.07, 6.45) is 0. The van der Waals surface area contributed by atoms with E-state index in [1.54, 1.807) is 30.1 Å². The molecule has 0 saturated carbocycles. The normalized spacial score (nSPS) is 12.1. The van der Waals surface area contributed by atoms with Gasteiger partial charge in [-0.3, -0.25) is 9.69 Å². The van der Waals surface area contributed by atoms with Crippen molar-refractivity contribution in [2.75, 3.05) is 20.8 Å². The highest BCUT2D eigenvalue weighted by Crippen LogP contribution is 2.09. The molecule has 1 atom stereocenters. The van der Waals surface area contributed by atoms with E-state index in [0.29, 0.717) is 12.1 Å². The molecule has 0 radical (unpaired) electrons. The highest BCUT2D eigenvalue weighted by Gasteiger charge is 2.22. The average molecular weight is 248 g/mol. The number of hydrogen-bond acceptors (Lipinski definition) is 4. The fourth-order valence-electron chi connectivity index (χ4n) is 1.68. The zero-order valence-electron chi connectivity index (χ0n) is 10.5. The van der Waals surface area contributed by atoms with E-state index in [1.807, 2.05) is 6.07 Å². The van der Waals surface area contributed by atoms with Crippen LogP contribution < -0.4 is 0 Å². The van der Waals surface area contributed by atoms with Gasteiger partial charge in [0.05, 0.1) is 18.2 Å². The molecule has 0 saturated heterocycles. The first-order valence-corrected chi connectivity index (χ1v) is 5.49. The minimum Gasteiger partial charge on any atom is -0.480 e. The third kappa shape index (κ3) is 3.84. The number of likely N-dealkylation sites (N-methyl/N-ethyl adjacent to an activating group) is 1. The summed E-state index contributed by atoms with van der Waals surface area (Å²) in [5.41, 5.74) is 1.47. The lowest BCUT2D eigenvalue weighted by molar-refractivity contribution is -0.144. The van der Waals surface area contributed by atoms with Gasteiger partial charge in [-0.1, -0.05) is 12.1 Å². The Morgan fingerprint density at radius 2 is 2.33 bits per heavy atom. The van der Waals surface area contributed by atoms with E-state index in [0.717, 1.165) is 5.56 Å². The Hall–Kier alpha value is -1.90. The molecular formula is C13H16N2O3. The lowest BCUT2D eigenvalue weighted by Crippen LogP contribution is -2.41. The number of nitrogens with zero attached hydrogens (tertiary/aromatic N) is 2. The summed E-state index contributed by atoms with van der Waals surface area (Å²) in [4.78, 5) is 12.8. The van der Waals surface area contributed by atoms with Crippen molar-refractivity contribution in [1.82, 2.24) is 4.90 Å². The van der Waals surface area contributed by atoms with Gasteiger partial charge in [0.25, 0.3) is 0 Å². The maximum Gasteiger partial charge on any atom is 0.323 e. The minimum absolute atomic E-state index is 0.129. The summed E-state index contributed by atoms with van der Waals surface area (Å²) in [5, 5.41) is 17.9. The average Bonchev–Trinajstić information content (AvgIpc) is 2.35. The molecule has 0 spiro atoms. The minimum atomic E-state index is -0.921. The molecule has 1 aromatic rings. The van der Waals surface area contributed by atoms with E-state index < -0.39 is 12.0 Å². The molecule has 0 aromatic heterocycles. The maximum absolute atomic E-state index is 11.1. The molecule has 5 heteroatoms. The second-order valence-corrected chi connectivity index (χ2v) is 4.04. The van der Waals surface area contributed by atoms with Gasteiger partial charge in [-0.15, -0.1) is 0 Å². The van der Waals surface area contributed by atoms with Gasteiger partial charge in [-0.25, -0.2) is 0 Å². The van der Waals surface area contributed by atoms with Crippen LogP contribution in [0.1, 0.15) is 11.1 Å². The van der Waals surface area contributed by atoms with E-state index >= 15 is 0 Å². The van der Waals surface area contributed by atoms with Gasteiger partial charge in [0.1, 0.15) is 6.04 Å². The molecule has 0 aliphatic carbocycles. The number of hydrogen-bond donors (Lipinski definition) is 1. The van der Waals surface area contributed by atoms with Crippen molar-refractivity contribution in [3.8, 4) is 6.07 Å². The number of ether oxygens (including phenoxy) is 1. The number of nitriles is 1. The van der Waals surface area contributed by atoms with Crippen LogP contribution in [0.3, 0.4) is 0 Å². The zero-order chi connectivity index (χ0) is 13.5. The Morgan fingerprint density at radius 1 is 1.61 bits per heavy atom. The molecule has 18 heavy (non-hydrogen) atoms. The quantitative estimate of drug-likeness (QED) is 0.815. The van der Waals surface area contributed by atoms with Crippen LogP contribution in [0.5, 0.6) is 0 Å². The van der Waals surface area contributed by atoms with Crippen LogP contribution in [0.15, 0.2) is 24.3 Å². The first-order valence-electron chi connectivity index (χ1n) is 5.49. The molecule has 0 bridgehead atoms. The highest BCUT2D eigenvalue weighted by molar-refractivity contribution is 5.73. The molecule has 0 aliphatic heterocycles. The van der Waals surface area contributed by atoms with Gasteiger partial charge >= 0.3 is 5.97 Å². The second kappa shape index (κ2) is 6.74. The molecule has 5 nitrogen and oxygen atoms in total. The smallest absolute Gasteiger partial charge is 0.323 e. The lowest BCUT2D eigenvalue weighted by Gasteiger charge is -2.23. The number of carboxylic acid groups (broad SMARTS) is 1. The Balaban J connectivity index is 2.76. The number of methoxy groups -OCH3 is 1. The van der Waals surface area contributed by atoms with Gasteiger partial charge in [-0.2, -0.15) is 5.26 Å². The van der Waals surface area contributed by atoms with Gasteiger partial charge in [0.2, 0.25) is 0 Å². The van der Waals surface area contributed by atoms with E-state index in [2.05, 4.69) is 6.07 Å². The van der Waals surface area contributed by atoms with Crippen LogP contribution in [-0.4, -0.2) is 42.8 Å². The van der Waals surface area contributed by atoms with Gasteiger partial charge in [0, 0.05) is 13.7 Å². The summed E-state index contributed by atoms with van der Waals surface area (Å²) in [7, 11) is 3.19. The molecule has 1 unspecified atom stereocenters. The van der Waals surface area contributed by atoms with Crippen LogP contribution in [0.25, 0.3) is 0 Å². The van der Waals surface area contributed by atoms with Crippen molar-refractivity contribution in [1.29, 1.82) is 5.26 Å². The number of carbonyl (C=O) groups is 1. The number of carboxylic acids is 1. The fraction of sp³-hybridized carbons (Fsp3) is 0.385. The number of benzene rings is 1. The van der Waals surface area contributed by atoms with Crippen molar-refractivity contribution in [2.24, 2.45) is 0 Å². The predicted molar refractivity (Wildman–Crippen MR) is 65.9 cm³/mol. The van der Waals surface area contributed by atoms with Crippen LogP contribution >= 0.6 is 0 Å². The largest absolute Gasteiger partial charge is 0.480 e. The summed E-state index contributed by atoms with van der Waals surface area (Å²) in [5.74, 6) is -0.921. The van der Waals surface area contributed by atoms with E-state index in [1.165, 1.54) is 7.11 Å². The van der Waals surface area contributed by atoms with Crippen LogP contribution in [0.2, 0.25) is 0 Å². The summed E-state index contributed by atoms with van der Waals surface area (Å²) < 4.78 is 4.89. The highest BCUT2D eigenvalue weighted by atomic mass is 16.5. The van der Waals surface area contributed by atoms with Crippen molar-refractivity contribution in [2.45, 2.75) is 12.6 Å². The Bertz CT molecular complexity index is 454. The van der Waals surface area contributed by atoms with Crippen LogP contribution in [0, 0.1) is 11.3 Å². The molecule has 0 amide bonds. The molecule has 0 fully saturated rings. The molecule has 1 rings (SSSR count). The first kappa shape index (κ1) is 14.2. The van der Waals surface area contributed by atoms with Crippen molar-refractivity contribution in [3.63, 3.8) is 0 Å². The summed E-state index contributed by atoms with van der Waals surface area (Å²) >= 11 is 0. The predicted octanol–water partition coefficient (Wildman–Crippen LogP) is 1.09. The molecule has 0 heterocycles. The van der Waals surface area contributed by atoms with Gasteiger partial charge in [0.15, 0.2) is 0 Å². The van der Waals surface area contributed by atoms with E-state index in [-0.39, 0.29) is 6.61 Å². The molecular weight excluding hydrogens is 232 g/mol. The van der Waals surface area contributed by atoms with Gasteiger partial charge in [-0.05, 0) is 24.7 Å². The molecule has 1 aromatic carbocycles. The molecule has 0 aliphatic rings. The zero-order valence-corrected chi connectivity index (χ0v) is 10.5. The molecule has 96 valence electrons. The van der Waals surface area contributed by atoms with Crippen molar-refractivity contribution >= 4 is 5.97 Å². The first-order chi connectivity index (χ1) is 8.58.